The fourth-order valence-electron chi connectivity index (χ4n) is 2.70. The summed E-state index contributed by atoms with van der Waals surface area (Å²) >= 11 is 0. The maximum atomic E-state index is 11.7. The van der Waals surface area contributed by atoms with Crippen LogP contribution >= 0.6 is 0 Å². The van der Waals surface area contributed by atoms with Gasteiger partial charge in [-0.15, -0.1) is 0 Å². The minimum absolute atomic E-state index is 0.0912. The van der Waals surface area contributed by atoms with E-state index in [0.717, 1.165) is 11.3 Å². The molecule has 1 N–H and O–H groups in total. The van der Waals surface area contributed by atoms with Gasteiger partial charge < -0.3 is 10.1 Å². The van der Waals surface area contributed by atoms with Crippen LogP contribution in [-0.4, -0.2) is 26.0 Å². The third-order valence-corrected chi connectivity index (χ3v) is 3.49. The number of anilines is 1. The number of nitrogens with zero attached hydrogens (tertiary/aromatic N) is 1. The SMILES string of the molecule is C=NC1Nc2cc(C(=O)OC)cc(C)c2C1C=C(C)C.CC.CCC. The number of carbonyl (C=O) groups is 1. The van der Waals surface area contributed by atoms with Gasteiger partial charge in [-0.25, -0.2) is 4.79 Å². The van der Waals surface area contributed by atoms with Crippen LogP contribution in [0.3, 0.4) is 0 Å². The van der Waals surface area contributed by atoms with Gasteiger partial charge in [0, 0.05) is 11.6 Å². The zero-order valence-corrected chi connectivity index (χ0v) is 17.1. The number of benzene rings is 1. The summed E-state index contributed by atoms with van der Waals surface area (Å²) in [5, 5.41) is 3.32. The highest BCUT2D eigenvalue weighted by molar-refractivity contribution is 5.91. The first-order chi connectivity index (χ1) is 11.9. The minimum Gasteiger partial charge on any atom is -0.465 e. The van der Waals surface area contributed by atoms with E-state index in [4.69, 9.17) is 4.74 Å². The standard InChI is InChI=1S/C16H20N2O2.C3H8.C2H6/c1-9(2)6-12-14-10(3)7-11(16(19)20-5)8-13(14)18-15(12)17-4;1-3-2;1-2/h6-8,12,15,18H,4H2,1-3,5H3;3H2,1-2H3;1-2H3. The molecule has 0 aromatic heterocycles. The van der Waals surface area contributed by atoms with E-state index in [1.165, 1.54) is 24.7 Å². The molecule has 0 spiro atoms. The molecule has 1 aromatic carbocycles. The molecule has 0 bridgehead atoms. The third kappa shape index (κ3) is 6.04. The van der Waals surface area contributed by atoms with Crippen LogP contribution in [0.15, 0.2) is 28.8 Å². The van der Waals surface area contributed by atoms with Crippen molar-refractivity contribution in [1.82, 2.24) is 0 Å². The lowest BCUT2D eigenvalue weighted by atomic mass is 9.92. The average molecular weight is 347 g/mol. The molecular weight excluding hydrogens is 312 g/mol. The largest absolute Gasteiger partial charge is 0.465 e. The molecule has 0 amide bonds. The van der Waals surface area contributed by atoms with Crippen molar-refractivity contribution in [3.05, 3.63) is 40.5 Å². The first-order valence-corrected chi connectivity index (χ1v) is 8.99. The maximum Gasteiger partial charge on any atom is 0.337 e. The molecule has 0 aliphatic carbocycles. The Morgan fingerprint density at radius 3 is 2.32 bits per heavy atom. The first-order valence-electron chi connectivity index (χ1n) is 8.99. The van der Waals surface area contributed by atoms with Crippen molar-refractivity contribution in [3.63, 3.8) is 0 Å². The average Bonchev–Trinajstić information content (AvgIpc) is 2.94. The molecule has 1 aliphatic rings. The summed E-state index contributed by atoms with van der Waals surface area (Å²) in [5.74, 6) is -0.175. The fourth-order valence-corrected chi connectivity index (χ4v) is 2.70. The molecule has 0 saturated carbocycles. The van der Waals surface area contributed by atoms with Crippen LogP contribution in [0.1, 0.15) is 75.4 Å². The van der Waals surface area contributed by atoms with Crippen molar-refractivity contribution in [2.24, 2.45) is 4.99 Å². The zero-order chi connectivity index (χ0) is 19.6. The number of allylic oxidation sites excluding steroid dienone is 1. The number of aliphatic imine (C=N–C) groups is 1. The Labute approximate surface area is 153 Å². The zero-order valence-electron chi connectivity index (χ0n) is 17.1. The number of aryl methyl sites for hydroxylation is 1. The molecule has 140 valence electrons. The van der Waals surface area contributed by atoms with Gasteiger partial charge >= 0.3 is 5.97 Å². The van der Waals surface area contributed by atoms with Crippen LogP contribution in [0, 0.1) is 6.92 Å². The van der Waals surface area contributed by atoms with Gasteiger partial charge in [0.05, 0.1) is 12.7 Å². The number of carbonyl (C=O) groups excluding carboxylic acids is 1. The third-order valence-electron chi connectivity index (χ3n) is 3.49. The molecule has 0 saturated heterocycles. The number of ether oxygens (including phenoxy) is 1. The number of hydrogen-bond donors (Lipinski definition) is 1. The summed E-state index contributed by atoms with van der Waals surface area (Å²) in [7, 11) is 1.39. The lowest BCUT2D eigenvalue weighted by molar-refractivity contribution is 0.0600. The van der Waals surface area contributed by atoms with E-state index in [9.17, 15) is 4.79 Å². The van der Waals surface area contributed by atoms with Gasteiger partial charge in [0.2, 0.25) is 0 Å². The highest BCUT2D eigenvalue weighted by Crippen LogP contribution is 2.40. The van der Waals surface area contributed by atoms with Gasteiger partial charge in [-0.3, -0.25) is 4.99 Å². The molecule has 2 rings (SSSR count). The van der Waals surface area contributed by atoms with E-state index >= 15 is 0 Å². The second kappa shape index (κ2) is 11.5. The summed E-state index contributed by atoms with van der Waals surface area (Å²) in [5.41, 5.74) is 4.96. The number of fused-ring (bicyclic) bond motifs is 1. The quantitative estimate of drug-likeness (QED) is 0.432. The van der Waals surface area contributed by atoms with E-state index in [1.807, 2.05) is 32.9 Å². The van der Waals surface area contributed by atoms with Gasteiger partial charge in [0.25, 0.3) is 0 Å². The van der Waals surface area contributed by atoms with Gasteiger partial charge in [-0.1, -0.05) is 45.8 Å². The maximum absolute atomic E-state index is 11.7. The first kappa shape index (κ1) is 22.9. The van der Waals surface area contributed by atoms with Crippen LogP contribution in [0.4, 0.5) is 5.69 Å². The van der Waals surface area contributed by atoms with Gasteiger partial charge in [-0.05, 0) is 50.7 Å². The monoisotopic (exact) mass is 346 g/mol. The van der Waals surface area contributed by atoms with E-state index < -0.39 is 0 Å². The van der Waals surface area contributed by atoms with Crippen LogP contribution in [0.2, 0.25) is 0 Å². The van der Waals surface area contributed by atoms with Crippen molar-refractivity contribution in [3.8, 4) is 0 Å². The molecule has 4 heteroatoms. The molecule has 2 unspecified atom stereocenters. The Hall–Kier alpha value is -2.10. The van der Waals surface area contributed by atoms with Crippen LogP contribution in [0.25, 0.3) is 0 Å². The summed E-state index contributed by atoms with van der Waals surface area (Å²) < 4.78 is 4.78. The molecule has 25 heavy (non-hydrogen) atoms. The summed E-state index contributed by atoms with van der Waals surface area (Å²) in [6, 6.07) is 3.69. The molecule has 2 atom stereocenters. The number of rotatable bonds is 3. The Balaban J connectivity index is 0.00000104. The molecule has 0 fully saturated rings. The van der Waals surface area contributed by atoms with Crippen molar-refractivity contribution < 1.29 is 9.53 Å². The smallest absolute Gasteiger partial charge is 0.337 e. The number of esters is 1. The van der Waals surface area contributed by atoms with Gasteiger partial charge in [0.15, 0.2) is 0 Å². The van der Waals surface area contributed by atoms with Gasteiger partial charge in [-0.2, -0.15) is 0 Å². The molecule has 4 nitrogen and oxygen atoms in total. The van der Waals surface area contributed by atoms with Crippen molar-refractivity contribution in [2.75, 3.05) is 12.4 Å². The second-order valence-corrected chi connectivity index (χ2v) is 5.99. The highest BCUT2D eigenvalue weighted by atomic mass is 16.5. The van der Waals surface area contributed by atoms with Crippen LogP contribution in [0.5, 0.6) is 0 Å². The molecule has 1 aliphatic heterocycles. The van der Waals surface area contributed by atoms with Crippen molar-refractivity contribution in [2.45, 2.75) is 67.0 Å². The van der Waals surface area contributed by atoms with Crippen LogP contribution in [-0.2, 0) is 4.74 Å². The second-order valence-electron chi connectivity index (χ2n) is 5.99. The molecule has 1 aromatic rings. The summed E-state index contributed by atoms with van der Waals surface area (Å²) in [4.78, 5) is 15.8. The van der Waals surface area contributed by atoms with Crippen molar-refractivity contribution >= 4 is 18.4 Å². The van der Waals surface area contributed by atoms with Crippen LogP contribution < -0.4 is 5.32 Å². The van der Waals surface area contributed by atoms with E-state index in [-0.39, 0.29) is 18.1 Å². The highest BCUT2D eigenvalue weighted by Gasteiger charge is 2.32. The number of methoxy groups -OCH3 is 1. The predicted molar refractivity (Wildman–Crippen MR) is 109 cm³/mol. The molecule has 0 radical (unpaired) electrons. The lowest BCUT2D eigenvalue weighted by Gasteiger charge is -2.14. The Morgan fingerprint density at radius 1 is 1.32 bits per heavy atom. The Morgan fingerprint density at radius 2 is 1.88 bits per heavy atom. The van der Waals surface area contributed by atoms with Crippen molar-refractivity contribution in [1.29, 1.82) is 0 Å². The number of nitrogens with one attached hydrogen (secondary N) is 1. The fraction of sp³-hybridized carbons (Fsp3) is 0.524. The normalized spacial score (nSPS) is 16.8. The number of hydrogen-bond acceptors (Lipinski definition) is 4. The topological polar surface area (TPSA) is 50.7 Å². The molecular formula is C21H34N2O2. The predicted octanol–water partition coefficient (Wildman–Crippen LogP) is 5.73. The Kier molecular flexibility index (Phi) is 10.5. The van der Waals surface area contributed by atoms with E-state index in [2.05, 4.69) is 50.8 Å². The minimum atomic E-state index is -0.327. The van der Waals surface area contributed by atoms with E-state index in [1.54, 1.807) is 0 Å². The summed E-state index contributed by atoms with van der Waals surface area (Å²) in [6.07, 6.45) is 3.34. The Bertz CT molecular complexity index is 602. The van der Waals surface area contributed by atoms with Gasteiger partial charge in [0.1, 0.15) is 6.17 Å². The molecule has 1 heterocycles. The van der Waals surface area contributed by atoms with E-state index in [0.29, 0.717) is 5.56 Å². The summed E-state index contributed by atoms with van der Waals surface area (Å²) in [6.45, 7) is 18.0. The lowest BCUT2D eigenvalue weighted by Crippen LogP contribution is -2.16.